The molecule has 0 aliphatic carbocycles. The zero-order chi connectivity index (χ0) is 39.5. The molecule has 4 saturated heterocycles. The van der Waals surface area contributed by atoms with Crippen LogP contribution in [-0.4, -0.2) is 126 Å². The molecule has 0 aromatic heterocycles. The molecule has 0 radical (unpaired) electrons. The Balaban J connectivity index is 0.000000354. The number of likely N-dealkylation sites (tertiary alicyclic amines) is 3. The first-order valence-corrected chi connectivity index (χ1v) is 16.9. The predicted octanol–water partition coefficient (Wildman–Crippen LogP) is 7.61. The van der Waals surface area contributed by atoms with Crippen molar-refractivity contribution >= 4 is 18.3 Å². The summed E-state index contributed by atoms with van der Waals surface area (Å²) < 4.78 is 20.5. The molecule has 290 valence electrons. The van der Waals surface area contributed by atoms with E-state index in [1.807, 2.05) is 62.3 Å². The van der Waals surface area contributed by atoms with Gasteiger partial charge in [-0.05, 0) is 104 Å². The quantitative estimate of drug-likeness (QED) is 0.120. The minimum atomic E-state index is -0.479. The Labute approximate surface area is 303 Å². The summed E-state index contributed by atoms with van der Waals surface area (Å²) in [6.45, 7) is 20.8. The topological polar surface area (TPSA) is 293 Å². The predicted molar refractivity (Wildman–Crippen MR) is 190 cm³/mol. The first kappa shape index (κ1) is 45.0. The number of carbonyl (C=O) groups excluding carboxylic acids is 3. The van der Waals surface area contributed by atoms with Crippen LogP contribution in [0.3, 0.4) is 0 Å². The fourth-order valence-electron chi connectivity index (χ4n) is 4.57. The van der Waals surface area contributed by atoms with E-state index in [0.29, 0.717) is 58.7 Å². The van der Waals surface area contributed by atoms with Gasteiger partial charge in [0.2, 0.25) is 0 Å². The van der Waals surface area contributed by atoms with E-state index < -0.39 is 16.8 Å². The first-order valence-electron chi connectivity index (χ1n) is 16.9. The van der Waals surface area contributed by atoms with E-state index in [2.05, 4.69) is 40.1 Å². The van der Waals surface area contributed by atoms with E-state index >= 15 is 0 Å². The second-order valence-corrected chi connectivity index (χ2v) is 15.1. The molecule has 3 atom stereocenters. The van der Waals surface area contributed by atoms with Crippen molar-refractivity contribution in [3.63, 3.8) is 0 Å². The molecule has 4 heterocycles. The minimum absolute atomic E-state index is 0.0903. The van der Waals surface area contributed by atoms with Crippen molar-refractivity contribution in [3.8, 4) is 0 Å². The molecule has 4 aliphatic rings. The highest BCUT2D eigenvalue weighted by atomic mass is 16.6. The monoisotopic (exact) mass is 735 g/mol. The zero-order valence-electron chi connectivity index (χ0n) is 31.7. The maximum atomic E-state index is 11.6. The maximum absolute atomic E-state index is 11.6. The van der Waals surface area contributed by atoms with Crippen LogP contribution in [-0.2, 0) is 18.9 Å². The highest BCUT2D eigenvalue weighted by Crippen LogP contribution is 2.19. The van der Waals surface area contributed by atoms with Crippen LogP contribution in [0.2, 0.25) is 0 Å². The van der Waals surface area contributed by atoms with E-state index in [-0.39, 0.29) is 42.4 Å². The summed E-state index contributed by atoms with van der Waals surface area (Å²) in [6.07, 6.45) is 1.29. The van der Waals surface area contributed by atoms with Crippen LogP contribution in [0.25, 0.3) is 41.8 Å². The van der Waals surface area contributed by atoms with Gasteiger partial charge in [0, 0.05) is 65.5 Å². The summed E-state index contributed by atoms with van der Waals surface area (Å²) in [5.41, 5.74) is 31.2. The number of amides is 3. The fourth-order valence-corrected chi connectivity index (χ4v) is 4.57. The Kier molecular flexibility index (Phi) is 18.5. The van der Waals surface area contributed by atoms with Crippen LogP contribution in [0.1, 0.15) is 81.6 Å². The van der Waals surface area contributed by atoms with Crippen LogP contribution in [0.4, 0.5) is 14.4 Å². The van der Waals surface area contributed by atoms with E-state index in [9.17, 15) is 14.4 Å². The molecular weight excluding hydrogens is 682 g/mol. The van der Waals surface area contributed by atoms with Gasteiger partial charge in [-0.1, -0.05) is 20.5 Å². The highest BCUT2D eigenvalue weighted by Gasteiger charge is 2.33. The number of hydrogen-bond donors (Lipinski definition) is 0. The van der Waals surface area contributed by atoms with E-state index in [1.54, 1.807) is 9.80 Å². The first-order chi connectivity index (χ1) is 24.2. The lowest BCUT2D eigenvalue weighted by molar-refractivity contribution is 0.00881. The molecule has 0 unspecified atom stereocenters. The average Bonchev–Trinajstić information content (AvgIpc) is 3.77. The van der Waals surface area contributed by atoms with Crippen molar-refractivity contribution in [2.45, 2.75) is 123 Å². The number of azide groups is 4. The molecule has 0 spiro atoms. The molecule has 4 fully saturated rings. The van der Waals surface area contributed by atoms with E-state index in [4.69, 9.17) is 41.1 Å². The fraction of sp³-hybridized carbons (Fsp3) is 0.900. The Hall–Kier alpha value is -4.99. The largest absolute Gasteiger partial charge is 0.444 e. The van der Waals surface area contributed by atoms with Gasteiger partial charge in [-0.25, -0.2) is 14.4 Å². The summed E-state index contributed by atoms with van der Waals surface area (Å²) in [6, 6.07) is -0.211. The van der Waals surface area contributed by atoms with Gasteiger partial charge in [-0.3, -0.25) is 0 Å². The van der Waals surface area contributed by atoms with Gasteiger partial charge in [0.1, 0.15) is 16.8 Å². The molecule has 0 saturated carbocycles. The van der Waals surface area contributed by atoms with Crippen molar-refractivity contribution in [1.29, 1.82) is 0 Å². The van der Waals surface area contributed by atoms with Crippen LogP contribution in [0.5, 0.6) is 0 Å². The summed E-state index contributed by atoms with van der Waals surface area (Å²) in [5, 5.41) is 14.1. The third-order valence-electron chi connectivity index (χ3n) is 6.91. The van der Waals surface area contributed by atoms with Crippen molar-refractivity contribution in [2.24, 2.45) is 20.5 Å². The van der Waals surface area contributed by atoms with Crippen LogP contribution < -0.4 is 0 Å². The van der Waals surface area contributed by atoms with Crippen molar-refractivity contribution in [2.75, 3.05) is 52.5 Å². The number of ether oxygens (including phenoxy) is 4. The Morgan fingerprint density at radius 3 is 1.19 bits per heavy atom. The molecule has 4 rings (SSSR count). The SMILES string of the molecule is CC(C)(C)OC(=O)N1CC(N=[N+]=[N-])C1.CC(C)(C)OC(=O)N1CC[C@@H](N=[N+]=[N-])C1.CC(C)(C)OC(=O)N1CC[C@H](N=[N+]=[N-])C1.[N-]=[N+]=N[C@@H]1CCOC1. The molecule has 3 amide bonds. The Bertz CT molecular complexity index is 1310. The zero-order valence-corrected chi connectivity index (χ0v) is 31.7. The molecule has 0 aromatic rings. The molecule has 0 aromatic carbocycles. The molecule has 4 aliphatic heterocycles. The van der Waals surface area contributed by atoms with E-state index in [1.165, 1.54) is 4.90 Å². The summed E-state index contributed by atoms with van der Waals surface area (Å²) in [7, 11) is 0. The molecule has 22 heteroatoms. The summed E-state index contributed by atoms with van der Waals surface area (Å²) >= 11 is 0. The van der Waals surface area contributed by atoms with Gasteiger partial charge < -0.3 is 33.6 Å². The average molecular weight is 736 g/mol. The summed E-state index contributed by atoms with van der Waals surface area (Å²) in [4.78, 5) is 50.0. The van der Waals surface area contributed by atoms with Crippen LogP contribution in [0.15, 0.2) is 20.5 Å². The van der Waals surface area contributed by atoms with Crippen molar-refractivity contribution in [3.05, 3.63) is 41.8 Å². The Morgan fingerprint density at radius 2 is 0.865 bits per heavy atom. The van der Waals surface area contributed by atoms with Gasteiger partial charge in [0.05, 0.1) is 30.8 Å². The molecule has 22 nitrogen and oxygen atoms in total. The lowest BCUT2D eigenvalue weighted by Crippen LogP contribution is -2.53. The third kappa shape index (κ3) is 19.4. The lowest BCUT2D eigenvalue weighted by atomic mass is 10.1. The number of hydrogen-bond acceptors (Lipinski definition) is 11. The normalized spacial score (nSPS) is 20.9. The second kappa shape index (κ2) is 21.4. The number of rotatable bonds is 4. The number of nitrogens with zero attached hydrogens (tertiary/aromatic N) is 15. The van der Waals surface area contributed by atoms with Gasteiger partial charge >= 0.3 is 18.3 Å². The van der Waals surface area contributed by atoms with E-state index in [0.717, 1.165) is 13.0 Å². The number of carbonyl (C=O) groups is 3. The smallest absolute Gasteiger partial charge is 0.410 e. The lowest BCUT2D eigenvalue weighted by Gasteiger charge is -2.37. The van der Waals surface area contributed by atoms with Crippen molar-refractivity contribution < 1.29 is 33.3 Å². The van der Waals surface area contributed by atoms with Crippen molar-refractivity contribution in [1.82, 2.24) is 14.7 Å². The standard InChI is InChI=1S/2C9H16N4O2.C8H14N4O2.C4H7N3O/c2*1-9(2,3)15-8(14)13-5-4-7(6-13)11-12-10;1-8(2,3)14-7(13)12-4-6(5-12)10-11-9;5-7-6-4-1-2-8-3-4/h2*7H,4-6H2,1-3H3;6H,4-5H2,1-3H3;4H,1-3H2/t2*7-;;4-/m10.1/s1. The molecule has 0 bridgehead atoms. The highest BCUT2D eigenvalue weighted by molar-refractivity contribution is 5.69. The van der Waals surface area contributed by atoms with Gasteiger partial charge in [0.25, 0.3) is 0 Å². The van der Waals surface area contributed by atoms with Crippen LogP contribution >= 0.6 is 0 Å². The molecular formula is C30H53N15O7. The molecule has 52 heavy (non-hydrogen) atoms. The minimum Gasteiger partial charge on any atom is -0.444 e. The van der Waals surface area contributed by atoms with Gasteiger partial charge in [-0.2, -0.15) is 0 Å². The molecule has 0 N–H and O–H groups in total. The van der Waals surface area contributed by atoms with Gasteiger partial charge in [0.15, 0.2) is 0 Å². The third-order valence-corrected chi connectivity index (χ3v) is 6.91. The summed E-state index contributed by atoms with van der Waals surface area (Å²) in [5.74, 6) is 0. The maximum Gasteiger partial charge on any atom is 0.410 e. The second-order valence-electron chi connectivity index (χ2n) is 15.1. The van der Waals surface area contributed by atoms with Crippen LogP contribution in [0, 0.1) is 0 Å². The van der Waals surface area contributed by atoms with Gasteiger partial charge in [-0.15, -0.1) is 0 Å². The Morgan fingerprint density at radius 1 is 0.538 bits per heavy atom.